The van der Waals surface area contributed by atoms with E-state index in [-0.39, 0.29) is 24.4 Å². The lowest BCUT2D eigenvalue weighted by molar-refractivity contribution is -0.142. The summed E-state index contributed by atoms with van der Waals surface area (Å²) in [6.07, 6.45) is -0.173. The van der Waals surface area contributed by atoms with E-state index in [9.17, 15) is 24.3 Å². The molecule has 0 radical (unpaired) electrons. The zero-order chi connectivity index (χ0) is 31.6. The van der Waals surface area contributed by atoms with E-state index in [1.54, 1.807) is 35.2 Å². The highest BCUT2D eigenvalue weighted by molar-refractivity contribution is 5.90. The number of carbonyl (C=O) groups excluding carboxylic acids is 3. The third-order valence-corrected chi connectivity index (χ3v) is 6.86. The first-order chi connectivity index (χ1) is 20.3. The van der Waals surface area contributed by atoms with E-state index in [1.165, 1.54) is 0 Å². The first kappa shape index (κ1) is 33.4. The number of hydrogen-bond donors (Lipinski definition) is 3. The van der Waals surface area contributed by atoms with Crippen molar-refractivity contribution in [3.63, 3.8) is 0 Å². The van der Waals surface area contributed by atoms with Crippen molar-refractivity contribution in [3.8, 4) is 11.5 Å². The summed E-state index contributed by atoms with van der Waals surface area (Å²) in [6.45, 7) is 11.5. The molecule has 2 aromatic carbocycles. The highest BCUT2D eigenvalue weighted by atomic mass is 16.6. The van der Waals surface area contributed by atoms with Crippen LogP contribution in [-0.4, -0.2) is 78.9 Å². The average Bonchev–Trinajstić information content (AvgIpc) is 2.96. The molecule has 0 unspecified atom stereocenters. The molecule has 3 N–H and O–H groups in total. The van der Waals surface area contributed by atoms with Crippen LogP contribution < -0.4 is 20.1 Å². The Kier molecular flexibility index (Phi) is 11.9. The average molecular weight is 598 g/mol. The molecule has 0 aromatic heterocycles. The third kappa shape index (κ3) is 10.6. The Balaban J connectivity index is 1.59. The number of carbonyl (C=O) groups is 4. The van der Waals surface area contributed by atoms with E-state index in [4.69, 9.17) is 14.2 Å². The minimum Gasteiger partial charge on any atom is -0.483 e. The minimum absolute atomic E-state index is 0.00614. The summed E-state index contributed by atoms with van der Waals surface area (Å²) >= 11 is 0. The Hall–Kier alpha value is -4.12. The topological polar surface area (TPSA) is 143 Å². The van der Waals surface area contributed by atoms with E-state index < -0.39 is 36.0 Å². The lowest BCUT2D eigenvalue weighted by atomic mass is 9.86. The molecule has 1 aliphatic heterocycles. The Morgan fingerprint density at radius 3 is 2.21 bits per heavy atom. The van der Waals surface area contributed by atoms with Crippen molar-refractivity contribution in [2.45, 2.75) is 65.0 Å². The van der Waals surface area contributed by atoms with Gasteiger partial charge >= 0.3 is 12.1 Å². The highest BCUT2D eigenvalue weighted by Crippen LogP contribution is 2.30. The monoisotopic (exact) mass is 597 g/mol. The van der Waals surface area contributed by atoms with E-state index >= 15 is 0 Å². The number of para-hydroxylation sites is 1. The van der Waals surface area contributed by atoms with Crippen molar-refractivity contribution in [2.24, 2.45) is 5.92 Å². The Bertz CT molecular complexity index is 1250. The fraction of sp³-hybridized carbons (Fsp3) is 0.500. The van der Waals surface area contributed by atoms with Gasteiger partial charge in [0.15, 0.2) is 6.61 Å². The van der Waals surface area contributed by atoms with Crippen LogP contribution in [0.4, 0.5) is 4.79 Å². The van der Waals surface area contributed by atoms with Gasteiger partial charge in [-0.05, 0) is 47.1 Å². The van der Waals surface area contributed by atoms with E-state index in [1.807, 2.05) is 52.8 Å². The number of hydrogen-bond acceptors (Lipinski definition) is 7. The number of rotatable bonds is 12. The Morgan fingerprint density at radius 2 is 1.60 bits per heavy atom. The van der Waals surface area contributed by atoms with Gasteiger partial charge in [-0.1, -0.05) is 65.0 Å². The molecule has 11 heteroatoms. The molecule has 3 rings (SSSR count). The standard InChI is InChI=1S/C32H43N3O8/c1-21(2)18-25(33-28(36)20-42-27-9-7-6-8-24(27)32(3,4)5)29(37)34-26(30(38)39)19-22-10-12-23(13-11-22)43-31(40)35-14-16-41-17-15-35/h6-13,21,25-26H,14-20H2,1-5H3,(H,33,36)(H,34,37)(H,38,39)/t25-,26-/m0/s1. The molecule has 234 valence electrons. The van der Waals surface area contributed by atoms with Gasteiger partial charge in [0, 0.05) is 19.5 Å². The predicted octanol–water partition coefficient (Wildman–Crippen LogP) is 3.54. The molecule has 0 saturated carbocycles. The molecule has 1 heterocycles. The zero-order valence-corrected chi connectivity index (χ0v) is 25.6. The van der Waals surface area contributed by atoms with Gasteiger partial charge in [0.2, 0.25) is 5.91 Å². The molecule has 1 fully saturated rings. The summed E-state index contributed by atoms with van der Waals surface area (Å²) in [7, 11) is 0. The largest absolute Gasteiger partial charge is 0.483 e. The molecule has 2 atom stereocenters. The lowest BCUT2D eigenvalue weighted by Gasteiger charge is -2.25. The maximum absolute atomic E-state index is 13.2. The van der Waals surface area contributed by atoms with Crippen LogP contribution in [0.1, 0.15) is 52.2 Å². The second kappa shape index (κ2) is 15.4. The number of aliphatic carboxylic acids is 1. The number of benzene rings is 2. The molecule has 2 aromatic rings. The van der Waals surface area contributed by atoms with Crippen LogP contribution >= 0.6 is 0 Å². The smallest absolute Gasteiger partial charge is 0.415 e. The molecular formula is C32H43N3O8. The van der Waals surface area contributed by atoms with Crippen LogP contribution in [-0.2, 0) is 31.0 Å². The van der Waals surface area contributed by atoms with Crippen molar-refractivity contribution >= 4 is 23.9 Å². The van der Waals surface area contributed by atoms with Gasteiger partial charge < -0.3 is 34.9 Å². The first-order valence-corrected chi connectivity index (χ1v) is 14.5. The van der Waals surface area contributed by atoms with Crippen molar-refractivity contribution in [1.82, 2.24) is 15.5 Å². The van der Waals surface area contributed by atoms with Crippen LogP contribution in [0, 0.1) is 5.92 Å². The summed E-state index contributed by atoms with van der Waals surface area (Å²) < 4.78 is 16.4. The number of amides is 3. The molecule has 0 aliphatic carbocycles. The summed E-state index contributed by atoms with van der Waals surface area (Å²) in [5.41, 5.74) is 1.38. The molecule has 11 nitrogen and oxygen atoms in total. The second-order valence-corrected chi connectivity index (χ2v) is 12.0. The minimum atomic E-state index is -1.24. The fourth-order valence-corrected chi connectivity index (χ4v) is 4.61. The maximum Gasteiger partial charge on any atom is 0.415 e. The normalized spacial score (nSPS) is 14.9. The number of ether oxygens (including phenoxy) is 3. The van der Waals surface area contributed by atoms with Crippen LogP contribution in [0.3, 0.4) is 0 Å². The number of carboxylic acid groups (broad SMARTS) is 1. The summed E-state index contributed by atoms with van der Waals surface area (Å²) in [5, 5.41) is 15.1. The number of nitrogens with zero attached hydrogens (tertiary/aromatic N) is 1. The van der Waals surface area contributed by atoms with Crippen molar-refractivity contribution < 1.29 is 38.5 Å². The molecule has 1 saturated heterocycles. The first-order valence-electron chi connectivity index (χ1n) is 14.5. The third-order valence-electron chi connectivity index (χ3n) is 6.86. The van der Waals surface area contributed by atoms with Crippen molar-refractivity contribution in [1.29, 1.82) is 0 Å². The number of nitrogens with one attached hydrogen (secondary N) is 2. The maximum atomic E-state index is 13.2. The molecular weight excluding hydrogens is 554 g/mol. The van der Waals surface area contributed by atoms with Crippen LogP contribution in [0.5, 0.6) is 11.5 Å². The molecule has 1 aliphatic rings. The van der Waals surface area contributed by atoms with E-state index in [0.717, 1.165) is 5.56 Å². The fourth-order valence-electron chi connectivity index (χ4n) is 4.61. The summed E-state index contributed by atoms with van der Waals surface area (Å²) in [5.74, 6) is -1.34. The van der Waals surface area contributed by atoms with Crippen molar-refractivity contribution in [2.75, 3.05) is 32.9 Å². The van der Waals surface area contributed by atoms with Crippen LogP contribution in [0.2, 0.25) is 0 Å². The Labute approximate surface area is 252 Å². The van der Waals surface area contributed by atoms with Crippen molar-refractivity contribution in [3.05, 3.63) is 59.7 Å². The lowest BCUT2D eigenvalue weighted by Crippen LogP contribution is -2.53. The quantitative estimate of drug-likeness (QED) is 0.337. The van der Waals surface area contributed by atoms with Gasteiger partial charge in [-0.3, -0.25) is 9.59 Å². The Morgan fingerprint density at radius 1 is 0.953 bits per heavy atom. The predicted molar refractivity (Wildman–Crippen MR) is 160 cm³/mol. The van der Waals surface area contributed by atoms with E-state index in [2.05, 4.69) is 10.6 Å². The van der Waals surface area contributed by atoms with Gasteiger partial charge in [-0.15, -0.1) is 0 Å². The summed E-state index contributed by atoms with van der Waals surface area (Å²) in [4.78, 5) is 51.9. The second-order valence-electron chi connectivity index (χ2n) is 12.0. The van der Waals surface area contributed by atoms with Gasteiger partial charge in [0.05, 0.1) is 13.2 Å². The molecule has 0 spiro atoms. The molecule has 43 heavy (non-hydrogen) atoms. The highest BCUT2D eigenvalue weighted by Gasteiger charge is 2.28. The van der Waals surface area contributed by atoms with Gasteiger partial charge in [-0.2, -0.15) is 0 Å². The van der Waals surface area contributed by atoms with E-state index in [0.29, 0.717) is 49.8 Å². The number of carboxylic acids is 1. The molecule has 3 amide bonds. The van der Waals surface area contributed by atoms with Gasteiger partial charge in [-0.25, -0.2) is 9.59 Å². The zero-order valence-electron chi connectivity index (χ0n) is 25.6. The molecule has 0 bridgehead atoms. The van der Waals surface area contributed by atoms with Crippen LogP contribution in [0.25, 0.3) is 0 Å². The van der Waals surface area contributed by atoms with Gasteiger partial charge in [0.25, 0.3) is 5.91 Å². The number of morpholine rings is 1. The van der Waals surface area contributed by atoms with Crippen LogP contribution in [0.15, 0.2) is 48.5 Å². The summed E-state index contributed by atoms with van der Waals surface area (Å²) in [6, 6.07) is 11.7. The SMILES string of the molecule is CC(C)C[C@H](NC(=O)COc1ccccc1C(C)(C)C)C(=O)N[C@@H](Cc1ccc(OC(=O)N2CCOCC2)cc1)C(=O)O. The van der Waals surface area contributed by atoms with Gasteiger partial charge in [0.1, 0.15) is 23.6 Å².